The molecule has 0 aliphatic rings. The Hall–Kier alpha value is -1.44. The van der Waals surface area contributed by atoms with Crippen LogP contribution in [0.1, 0.15) is 13.8 Å². The van der Waals surface area contributed by atoms with E-state index in [0.717, 1.165) is 0 Å². The minimum absolute atomic E-state index is 0.127. The Morgan fingerprint density at radius 2 is 1.82 bits per heavy atom. The fraction of sp³-hybridized carbons (Fsp3) is 0.667. The molecule has 0 rings (SSSR count). The van der Waals surface area contributed by atoms with E-state index in [1.165, 1.54) is 20.9 Å². The summed E-state index contributed by atoms with van der Waals surface area (Å²) < 4.78 is 11.6. The zero-order valence-electron chi connectivity index (χ0n) is 9.85. The van der Waals surface area contributed by atoms with Gasteiger partial charge in [-0.3, -0.25) is 19.1 Å². The normalized spacial score (nSPS) is 15.5. The highest BCUT2D eigenvalue weighted by Gasteiger charge is 2.24. The van der Waals surface area contributed by atoms with E-state index in [0.29, 0.717) is 0 Å². The summed E-state index contributed by atoms with van der Waals surface area (Å²) in [7, 11) is -0.293. The summed E-state index contributed by atoms with van der Waals surface area (Å²) in [5, 5.41) is 11.9. The lowest BCUT2D eigenvalue weighted by Gasteiger charge is -2.12. The lowest BCUT2D eigenvalue weighted by atomic mass is 10.2. The molecule has 3 atom stereocenters. The highest BCUT2D eigenvalue weighted by atomic mass is 32.2. The largest absolute Gasteiger partial charge is 0.481 e. The van der Waals surface area contributed by atoms with E-state index in [4.69, 9.17) is 5.11 Å². The van der Waals surface area contributed by atoms with Crippen molar-refractivity contribution in [1.29, 1.82) is 0 Å². The lowest BCUT2D eigenvalue weighted by Crippen LogP contribution is -2.44. The molecule has 0 saturated heterocycles. The van der Waals surface area contributed by atoms with Crippen molar-refractivity contribution in [1.82, 2.24) is 10.6 Å². The van der Waals surface area contributed by atoms with Gasteiger partial charge in [-0.25, -0.2) is 4.79 Å². The van der Waals surface area contributed by atoms with Gasteiger partial charge >= 0.3 is 12.0 Å². The van der Waals surface area contributed by atoms with Crippen LogP contribution in [-0.4, -0.2) is 45.3 Å². The van der Waals surface area contributed by atoms with Crippen LogP contribution in [-0.2, 0) is 20.4 Å². The van der Waals surface area contributed by atoms with Crippen LogP contribution < -0.4 is 10.6 Å². The first kappa shape index (κ1) is 15.6. The van der Waals surface area contributed by atoms with Crippen LogP contribution in [0.5, 0.6) is 0 Å². The first-order chi connectivity index (χ1) is 7.79. The van der Waals surface area contributed by atoms with E-state index in [-0.39, 0.29) is 5.75 Å². The molecule has 98 valence electrons. The van der Waals surface area contributed by atoms with Crippen LogP contribution >= 0.6 is 0 Å². The van der Waals surface area contributed by atoms with Gasteiger partial charge in [-0.15, -0.1) is 0 Å². The molecule has 3 amide bonds. The van der Waals surface area contributed by atoms with Crippen LogP contribution in [0.15, 0.2) is 0 Å². The molecule has 0 bridgehead atoms. The number of rotatable bonds is 5. The van der Waals surface area contributed by atoms with Crippen LogP contribution in [0.4, 0.5) is 4.79 Å². The minimum Gasteiger partial charge on any atom is -0.481 e. The molecule has 0 aliphatic carbocycles. The van der Waals surface area contributed by atoms with Crippen molar-refractivity contribution in [2.24, 2.45) is 5.92 Å². The second-order valence-electron chi connectivity index (χ2n) is 3.50. The van der Waals surface area contributed by atoms with Crippen molar-refractivity contribution in [2.45, 2.75) is 19.1 Å². The van der Waals surface area contributed by atoms with Gasteiger partial charge in [0.05, 0.1) is 5.92 Å². The number of aliphatic carboxylic acids is 1. The summed E-state index contributed by atoms with van der Waals surface area (Å²) in [4.78, 5) is 32.8. The van der Waals surface area contributed by atoms with E-state index in [2.05, 4.69) is 5.32 Å². The van der Waals surface area contributed by atoms with Gasteiger partial charge in [0, 0.05) is 23.6 Å². The third-order valence-corrected chi connectivity index (χ3v) is 3.89. The second kappa shape index (κ2) is 7.00. The maximum atomic E-state index is 11.6. The number of carbonyl (C=O) groups excluding carboxylic acids is 2. The van der Waals surface area contributed by atoms with Gasteiger partial charge in [-0.05, 0) is 6.92 Å². The Bertz CT molecular complexity index is 344. The number of carboxylic acids is 1. The average Bonchev–Trinajstić information content (AvgIpc) is 2.27. The van der Waals surface area contributed by atoms with Gasteiger partial charge < -0.3 is 10.4 Å². The molecule has 0 heterocycles. The molecule has 0 fully saturated rings. The average molecular weight is 264 g/mol. The molecule has 7 nitrogen and oxygen atoms in total. The highest BCUT2D eigenvalue weighted by Crippen LogP contribution is 2.04. The molecule has 0 aromatic heterocycles. The zero-order chi connectivity index (χ0) is 13.6. The molecule has 0 radical (unpaired) electrons. The number of amides is 3. The second-order valence-corrected chi connectivity index (χ2v) is 5.30. The van der Waals surface area contributed by atoms with Crippen LogP contribution in [0.25, 0.3) is 0 Å². The van der Waals surface area contributed by atoms with E-state index in [1.807, 2.05) is 5.32 Å². The van der Waals surface area contributed by atoms with Gasteiger partial charge in [0.2, 0.25) is 5.91 Å². The van der Waals surface area contributed by atoms with Gasteiger partial charge in [0.1, 0.15) is 5.25 Å². The number of nitrogens with one attached hydrogen (secondary N) is 2. The fourth-order valence-electron chi connectivity index (χ4n) is 0.857. The Labute approximate surface area is 101 Å². The summed E-state index contributed by atoms with van der Waals surface area (Å²) in [5.74, 6) is -2.69. The maximum Gasteiger partial charge on any atom is 0.321 e. The van der Waals surface area contributed by atoms with Crippen molar-refractivity contribution in [3.05, 3.63) is 0 Å². The van der Waals surface area contributed by atoms with Crippen molar-refractivity contribution in [3.63, 3.8) is 0 Å². The molecule has 0 aliphatic heterocycles. The van der Waals surface area contributed by atoms with Crippen LogP contribution in [0.2, 0.25) is 0 Å². The number of carboxylic acid groups (broad SMARTS) is 1. The van der Waals surface area contributed by atoms with Gasteiger partial charge in [0.25, 0.3) is 0 Å². The van der Waals surface area contributed by atoms with Gasteiger partial charge in [0.15, 0.2) is 0 Å². The first-order valence-corrected chi connectivity index (χ1v) is 6.30. The van der Waals surface area contributed by atoms with Crippen molar-refractivity contribution in [3.8, 4) is 0 Å². The Balaban J connectivity index is 4.35. The highest BCUT2D eigenvalue weighted by molar-refractivity contribution is 7.86. The minimum atomic E-state index is -1.64. The van der Waals surface area contributed by atoms with Gasteiger partial charge in [-0.1, -0.05) is 6.92 Å². The van der Waals surface area contributed by atoms with Crippen LogP contribution in [0.3, 0.4) is 0 Å². The molecule has 17 heavy (non-hydrogen) atoms. The molecule has 8 heteroatoms. The first-order valence-electron chi connectivity index (χ1n) is 4.92. The summed E-state index contributed by atoms with van der Waals surface area (Å²) >= 11 is 0. The number of imide groups is 1. The molecule has 3 unspecified atom stereocenters. The number of hydrogen-bond donors (Lipinski definition) is 3. The number of carbonyl (C=O) groups is 3. The van der Waals surface area contributed by atoms with E-state index < -0.39 is 39.9 Å². The van der Waals surface area contributed by atoms with E-state index in [9.17, 15) is 18.6 Å². The number of urea groups is 1. The van der Waals surface area contributed by atoms with E-state index in [1.54, 1.807) is 0 Å². The molecule has 0 aromatic carbocycles. The topological polar surface area (TPSA) is 113 Å². The van der Waals surface area contributed by atoms with Gasteiger partial charge in [-0.2, -0.15) is 0 Å². The number of hydrogen-bond acceptors (Lipinski definition) is 4. The van der Waals surface area contributed by atoms with E-state index >= 15 is 0 Å². The lowest BCUT2D eigenvalue weighted by molar-refractivity contribution is -0.140. The molecular weight excluding hydrogens is 248 g/mol. The van der Waals surface area contributed by atoms with Crippen LogP contribution in [0, 0.1) is 5.92 Å². The Morgan fingerprint density at radius 1 is 1.29 bits per heavy atom. The Kier molecular flexibility index (Phi) is 6.40. The summed E-state index contributed by atoms with van der Waals surface area (Å²) in [6.07, 6.45) is 0. The predicted molar refractivity (Wildman–Crippen MR) is 61.9 cm³/mol. The monoisotopic (exact) mass is 264 g/mol. The standard InChI is InChI=1S/C9H16N2O5S/c1-5(8(13)14)4-17(16)6(2)7(12)11-9(15)10-3/h5-6H,4H2,1-3H3,(H,13,14)(H2,10,11,12,15). The van der Waals surface area contributed by atoms with Crippen molar-refractivity contribution in [2.75, 3.05) is 12.8 Å². The van der Waals surface area contributed by atoms with Crippen molar-refractivity contribution < 1.29 is 23.7 Å². The van der Waals surface area contributed by atoms with Crippen molar-refractivity contribution >= 4 is 28.7 Å². The smallest absolute Gasteiger partial charge is 0.321 e. The summed E-state index contributed by atoms with van der Waals surface area (Å²) in [5.41, 5.74) is 0. The maximum absolute atomic E-state index is 11.6. The summed E-state index contributed by atoms with van der Waals surface area (Å²) in [6, 6.07) is -0.690. The third-order valence-electron chi connectivity index (χ3n) is 2.06. The molecule has 0 spiro atoms. The third kappa shape index (κ3) is 5.43. The molecular formula is C9H16N2O5S. The molecule has 0 aromatic rings. The Morgan fingerprint density at radius 3 is 2.24 bits per heavy atom. The molecule has 0 saturated carbocycles. The molecule has 3 N–H and O–H groups in total. The quantitative estimate of drug-likeness (QED) is 0.607. The fourth-order valence-corrected chi connectivity index (χ4v) is 2.08. The SMILES string of the molecule is CNC(=O)NC(=O)C(C)S(=O)CC(C)C(=O)O. The zero-order valence-corrected chi connectivity index (χ0v) is 10.7. The summed E-state index contributed by atoms with van der Waals surface area (Å²) in [6.45, 7) is 2.78. The predicted octanol–water partition coefficient (Wildman–Crippen LogP) is -0.700.